The molecule has 0 amide bonds. The van der Waals surface area contributed by atoms with Crippen LogP contribution in [0, 0.1) is 0 Å². The van der Waals surface area contributed by atoms with Crippen molar-refractivity contribution in [3.05, 3.63) is 127 Å². The molecule has 5 aromatic carbocycles. The van der Waals surface area contributed by atoms with Crippen LogP contribution in [0.4, 0.5) is 17.1 Å². The number of benzene rings is 5. The smallest absolute Gasteiger partial charge is 0.131 e. The largest absolute Gasteiger partial charge is 0.310 e. The summed E-state index contributed by atoms with van der Waals surface area (Å²) in [5.41, 5.74) is 9.68. The molecule has 3 nitrogen and oxygen atoms in total. The molecule has 0 spiro atoms. The van der Waals surface area contributed by atoms with Crippen LogP contribution in [0.25, 0.3) is 43.9 Å². The number of rotatable bonds is 3. The van der Waals surface area contributed by atoms with Crippen LogP contribution in [-0.4, -0.2) is 8.80 Å². The zero-order chi connectivity index (χ0) is 22.9. The Hall–Kier alpha value is -4.76. The van der Waals surface area contributed by atoms with E-state index in [1.54, 1.807) is 0 Å². The van der Waals surface area contributed by atoms with Crippen LogP contribution in [0.2, 0.25) is 0 Å². The summed E-state index contributed by atoms with van der Waals surface area (Å²) in [6.45, 7) is 0. The lowest BCUT2D eigenvalue weighted by Crippen LogP contribution is -2.10. The van der Waals surface area contributed by atoms with Crippen molar-refractivity contribution in [3.63, 3.8) is 0 Å². The van der Waals surface area contributed by atoms with Gasteiger partial charge in [0.1, 0.15) is 5.65 Å². The van der Waals surface area contributed by atoms with E-state index in [1.165, 1.54) is 49.6 Å². The van der Waals surface area contributed by atoms with Crippen molar-refractivity contribution >= 4 is 60.9 Å². The number of anilines is 3. The van der Waals surface area contributed by atoms with Gasteiger partial charge in [-0.15, -0.1) is 0 Å². The summed E-state index contributed by atoms with van der Waals surface area (Å²) in [5.74, 6) is 0. The zero-order valence-corrected chi connectivity index (χ0v) is 19.0. The predicted octanol–water partition coefficient (Wildman–Crippen LogP) is 8.56. The molecule has 164 valence electrons. The number of aromatic nitrogens is 2. The molecule has 3 aromatic heterocycles. The number of para-hydroxylation sites is 5. The highest BCUT2D eigenvalue weighted by molar-refractivity contribution is 6.27. The van der Waals surface area contributed by atoms with Gasteiger partial charge in [-0.05, 0) is 54.6 Å². The van der Waals surface area contributed by atoms with Crippen LogP contribution >= 0.6 is 0 Å². The Bertz CT molecular complexity index is 1950. The maximum absolute atomic E-state index is 2.44. The van der Waals surface area contributed by atoms with Gasteiger partial charge in [0, 0.05) is 27.5 Å². The summed E-state index contributed by atoms with van der Waals surface area (Å²) in [4.78, 5) is 2.38. The first-order chi connectivity index (χ1) is 17.4. The fourth-order valence-electron chi connectivity index (χ4n) is 5.87. The van der Waals surface area contributed by atoms with Gasteiger partial charge in [-0.25, -0.2) is 0 Å². The molecule has 8 rings (SSSR count). The van der Waals surface area contributed by atoms with Crippen molar-refractivity contribution in [2.45, 2.75) is 0 Å². The third-order valence-corrected chi connectivity index (χ3v) is 7.21. The molecule has 0 N–H and O–H groups in total. The van der Waals surface area contributed by atoms with Gasteiger partial charge in [0.05, 0.1) is 27.8 Å². The highest BCUT2D eigenvalue weighted by Gasteiger charge is 2.25. The van der Waals surface area contributed by atoms with Gasteiger partial charge in [0.25, 0.3) is 0 Å². The summed E-state index contributed by atoms with van der Waals surface area (Å²) in [5, 5.41) is 3.87. The minimum atomic E-state index is 1.15. The fourth-order valence-corrected chi connectivity index (χ4v) is 5.87. The molecular weight excluding hydrogens is 426 g/mol. The van der Waals surface area contributed by atoms with Crippen molar-refractivity contribution in [1.29, 1.82) is 0 Å². The maximum atomic E-state index is 2.44. The molecule has 0 saturated heterocycles. The standard InChI is InChI=1S/C32H21N3/c1-3-12-22(13-4-1)33(23-14-5-2-6-15-23)28-20-11-21-29-31(28)30-24-16-7-8-17-25(24)34-26-18-9-10-19-27(26)35(29)32(30)34/h1-21H. The van der Waals surface area contributed by atoms with E-state index in [0.29, 0.717) is 0 Å². The van der Waals surface area contributed by atoms with E-state index < -0.39 is 0 Å². The van der Waals surface area contributed by atoms with Crippen LogP contribution < -0.4 is 4.90 Å². The Labute approximate surface area is 202 Å². The molecule has 0 aliphatic rings. The lowest BCUT2D eigenvalue weighted by atomic mass is 10.1. The van der Waals surface area contributed by atoms with Crippen LogP contribution in [0.15, 0.2) is 127 Å². The van der Waals surface area contributed by atoms with Crippen molar-refractivity contribution in [1.82, 2.24) is 8.80 Å². The van der Waals surface area contributed by atoms with Crippen molar-refractivity contribution in [3.8, 4) is 0 Å². The van der Waals surface area contributed by atoms with Gasteiger partial charge < -0.3 is 4.90 Å². The molecule has 0 aliphatic heterocycles. The topological polar surface area (TPSA) is 12.1 Å². The Morgan fingerprint density at radius 3 is 1.57 bits per heavy atom. The Balaban J connectivity index is 1.61. The molecule has 0 radical (unpaired) electrons. The average molecular weight is 448 g/mol. The summed E-state index contributed by atoms with van der Waals surface area (Å²) in [6, 6.07) is 45.5. The Morgan fingerprint density at radius 2 is 0.914 bits per heavy atom. The third-order valence-electron chi connectivity index (χ3n) is 7.21. The highest BCUT2D eigenvalue weighted by Crippen LogP contribution is 2.47. The van der Waals surface area contributed by atoms with E-state index in [9.17, 15) is 0 Å². The summed E-state index contributed by atoms with van der Waals surface area (Å²) >= 11 is 0. The number of nitrogens with zero attached hydrogens (tertiary/aromatic N) is 3. The Kier molecular flexibility index (Phi) is 3.66. The van der Waals surface area contributed by atoms with Gasteiger partial charge >= 0.3 is 0 Å². The van der Waals surface area contributed by atoms with Crippen LogP contribution in [0.5, 0.6) is 0 Å². The summed E-state index contributed by atoms with van der Waals surface area (Å²) in [6.07, 6.45) is 0. The van der Waals surface area contributed by atoms with Crippen molar-refractivity contribution < 1.29 is 0 Å². The fraction of sp³-hybridized carbons (Fsp3) is 0. The number of hydrogen-bond donors (Lipinski definition) is 0. The van der Waals surface area contributed by atoms with Crippen molar-refractivity contribution in [2.24, 2.45) is 0 Å². The summed E-state index contributed by atoms with van der Waals surface area (Å²) in [7, 11) is 0. The lowest BCUT2D eigenvalue weighted by Gasteiger charge is -2.26. The molecular formula is C32H21N3. The van der Waals surface area contributed by atoms with E-state index in [2.05, 4.69) is 141 Å². The minimum absolute atomic E-state index is 1.15. The number of hydrogen-bond acceptors (Lipinski definition) is 1. The maximum Gasteiger partial charge on any atom is 0.131 e. The first kappa shape index (κ1) is 18.6. The van der Waals surface area contributed by atoms with Gasteiger partial charge in [-0.1, -0.05) is 72.8 Å². The third kappa shape index (κ3) is 2.39. The van der Waals surface area contributed by atoms with E-state index in [0.717, 1.165) is 11.4 Å². The first-order valence-corrected chi connectivity index (χ1v) is 12.0. The molecule has 0 saturated carbocycles. The average Bonchev–Trinajstić information content (AvgIpc) is 3.55. The SMILES string of the molecule is c1ccc(N(c2ccccc2)c2cccc3c2c2c4ccccc4n4c5ccccc5n3c24)cc1. The molecule has 0 aliphatic carbocycles. The quantitative estimate of drug-likeness (QED) is 0.264. The molecule has 8 aromatic rings. The first-order valence-electron chi connectivity index (χ1n) is 12.0. The van der Waals surface area contributed by atoms with Crippen LogP contribution in [-0.2, 0) is 0 Å². The van der Waals surface area contributed by atoms with Gasteiger partial charge in [-0.2, -0.15) is 0 Å². The Morgan fingerprint density at radius 1 is 0.400 bits per heavy atom. The van der Waals surface area contributed by atoms with Gasteiger partial charge in [0.2, 0.25) is 0 Å². The predicted molar refractivity (Wildman–Crippen MR) is 147 cm³/mol. The van der Waals surface area contributed by atoms with Gasteiger partial charge in [0.15, 0.2) is 0 Å². The second-order valence-electron chi connectivity index (χ2n) is 9.05. The normalized spacial score (nSPS) is 12.0. The lowest BCUT2D eigenvalue weighted by molar-refractivity contribution is 1.28. The molecule has 3 heterocycles. The van der Waals surface area contributed by atoms with Gasteiger partial charge in [-0.3, -0.25) is 8.80 Å². The molecule has 35 heavy (non-hydrogen) atoms. The number of imidazole rings is 1. The second-order valence-corrected chi connectivity index (χ2v) is 9.05. The monoisotopic (exact) mass is 447 g/mol. The molecule has 0 atom stereocenters. The van der Waals surface area contributed by atoms with Crippen LogP contribution in [0.1, 0.15) is 0 Å². The van der Waals surface area contributed by atoms with E-state index >= 15 is 0 Å². The molecule has 3 heteroatoms. The minimum Gasteiger partial charge on any atom is -0.310 e. The molecule has 0 bridgehead atoms. The van der Waals surface area contributed by atoms with E-state index in [4.69, 9.17) is 0 Å². The molecule has 0 unspecified atom stereocenters. The van der Waals surface area contributed by atoms with E-state index in [1.807, 2.05) is 0 Å². The zero-order valence-electron chi connectivity index (χ0n) is 19.0. The highest BCUT2D eigenvalue weighted by atomic mass is 15.2. The van der Waals surface area contributed by atoms with E-state index in [-0.39, 0.29) is 0 Å². The summed E-state index contributed by atoms with van der Waals surface area (Å²) < 4.78 is 4.87. The molecule has 0 fully saturated rings. The van der Waals surface area contributed by atoms with Crippen LogP contribution in [0.3, 0.4) is 0 Å². The number of fused-ring (bicyclic) bond motifs is 9. The second kappa shape index (κ2) is 6.87. The van der Waals surface area contributed by atoms with Crippen molar-refractivity contribution in [2.75, 3.05) is 4.90 Å².